The topological polar surface area (TPSA) is 69.8 Å². The van der Waals surface area contributed by atoms with Crippen LogP contribution in [0.25, 0.3) is 10.9 Å². The van der Waals surface area contributed by atoms with E-state index in [2.05, 4.69) is 20.8 Å². The number of carbonyl (C=O) groups is 1. The highest BCUT2D eigenvalue weighted by atomic mass is 19.4. The van der Waals surface area contributed by atoms with Gasteiger partial charge in [0.1, 0.15) is 5.78 Å². The van der Waals surface area contributed by atoms with Gasteiger partial charge in [-0.05, 0) is 42.7 Å². The number of benzene rings is 2. The Labute approximate surface area is 165 Å². The number of H-pyrrole nitrogens is 1. The van der Waals surface area contributed by atoms with Gasteiger partial charge in [-0.1, -0.05) is 12.1 Å². The lowest BCUT2D eigenvalue weighted by atomic mass is 9.94. The minimum Gasteiger partial charge on any atom is -0.382 e. The molecule has 1 unspecified atom stereocenters. The summed E-state index contributed by atoms with van der Waals surface area (Å²) in [6.07, 6.45) is 0.116. The molecule has 1 saturated carbocycles. The molecule has 1 fully saturated rings. The van der Waals surface area contributed by atoms with Crippen molar-refractivity contribution in [3.63, 3.8) is 0 Å². The third-order valence-electron chi connectivity index (χ3n) is 5.15. The molecule has 1 aliphatic carbocycles. The molecule has 4 rings (SSSR count). The molecule has 0 radical (unpaired) electrons. The Morgan fingerprint density at radius 1 is 1.21 bits per heavy atom. The lowest BCUT2D eigenvalue weighted by molar-refractivity contribution is -0.137. The van der Waals surface area contributed by atoms with Crippen LogP contribution in [0.5, 0.6) is 0 Å². The molecule has 152 valence electrons. The third-order valence-corrected chi connectivity index (χ3v) is 5.15. The summed E-state index contributed by atoms with van der Waals surface area (Å²) in [7, 11) is 0. The lowest BCUT2D eigenvalue weighted by Crippen LogP contribution is -2.27. The summed E-state index contributed by atoms with van der Waals surface area (Å²) in [4.78, 5) is 11.6. The van der Waals surface area contributed by atoms with Crippen molar-refractivity contribution < 1.29 is 18.0 Å². The predicted octanol–water partition coefficient (Wildman–Crippen LogP) is 5.12. The van der Waals surface area contributed by atoms with Crippen molar-refractivity contribution in [2.45, 2.75) is 44.4 Å². The van der Waals surface area contributed by atoms with Crippen molar-refractivity contribution in [2.24, 2.45) is 0 Å². The Hall–Kier alpha value is -3.03. The average Bonchev–Trinajstić information content (AvgIpc) is 3.14. The van der Waals surface area contributed by atoms with Gasteiger partial charge >= 0.3 is 6.18 Å². The highest BCUT2D eigenvalue weighted by Gasteiger charge is 2.31. The number of anilines is 2. The monoisotopic (exact) mass is 402 g/mol. The van der Waals surface area contributed by atoms with E-state index in [-0.39, 0.29) is 11.8 Å². The van der Waals surface area contributed by atoms with Gasteiger partial charge in [0.25, 0.3) is 0 Å². The number of fused-ring (bicyclic) bond motifs is 1. The normalized spacial score (nSPS) is 17.5. The maximum atomic E-state index is 13.2. The molecule has 2 aromatic carbocycles. The van der Waals surface area contributed by atoms with Crippen LogP contribution >= 0.6 is 0 Å². The molecule has 3 N–H and O–H groups in total. The second-order valence-corrected chi connectivity index (χ2v) is 7.38. The maximum Gasteiger partial charge on any atom is 0.416 e. The number of nitrogens with one attached hydrogen (secondary N) is 3. The van der Waals surface area contributed by atoms with Crippen LogP contribution < -0.4 is 10.6 Å². The zero-order valence-corrected chi connectivity index (χ0v) is 15.6. The minimum atomic E-state index is -4.43. The Morgan fingerprint density at radius 2 is 2.07 bits per heavy atom. The number of ketones is 1. The van der Waals surface area contributed by atoms with Crippen LogP contribution in [0, 0.1) is 0 Å². The van der Waals surface area contributed by atoms with Crippen LogP contribution in [-0.2, 0) is 17.5 Å². The lowest BCUT2D eigenvalue weighted by Gasteiger charge is -2.23. The van der Waals surface area contributed by atoms with Crippen LogP contribution in [0.1, 0.15) is 36.8 Å². The van der Waals surface area contributed by atoms with Gasteiger partial charge in [0.2, 0.25) is 0 Å². The number of Topliss-reactive ketones (excluding diaryl/α,β-unsaturated/α-hetero) is 1. The summed E-state index contributed by atoms with van der Waals surface area (Å²) in [5.41, 5.74) is 1.81. The summed E-state index contributed by atoms with van der Waals surface area (Å²) in [6.45, 7) is 0.362. The first-order valence-electron chi connectivity index (χ1n) is 9.54. The molecule has 1 aliphatic rings. The molecular weight excluding hydrogens is 381 g/mol. The number of aromatic amines is 1. The molecule has 5 nitrogen and oxygen atoms in total. The Bertz CT molecular complexity index is 1030. The van der Waals surface area contributed by atoms with Crippen molar-refractivity contribution in [3.8, 4) is 0 Å². The fourth-order valence-electron chi connectivity index (χ4n) is 3.71. The molecule has 1 heterocycles. The van der Waals surface area contributed by atoms with Crippen molar-refractivity contribution in [1.29, 1.82) is 0 Å². The van der Waals surface area contributed by atoms with Crippen LogP contribution in [-0.4, -0.2) is 22.0 Å². The number of hydrogen-bond donors (Lipinski definition) is 3. The highest BCUT2D eigenvalue weighted by molar-refractivity contribution is 5.91. The second-order valence-electron chi connectivity index (χ2n) is 7.38. The summed E-state index contributed by atoms with van der Waals surface area (Å²) in [5.74, 6) is 0.278. The second kappa shape index (κ2) is 7.77. The van der Waals surface area contributed by atoms with E-state index in [0.29, 0.717) is 36.0 Å². The first-order chi connectivity index (χ1) is 13.9. The van der Waals surface area contributed by atoms with E-state index in [1.807, 2.05) is 24.3 Å². The molecule has 0 aliphatic heterocycles. The van der Waals surface area contributed by atoms with E-state index in [1.54, 1.807) is 0 Å². The quantitative estimate of drug-likeness (QED) is 0.554. The van der Waals surface area contributed by atoms with E-state index < -0.39 is 11.7 Å². The smallest absolute Gasteiger partial charge is 0.382 e. The first kappa shape index (κ1) is 19.3. The summed E-state index contributed by atoms with van der Waals surface area (Å²) in [6, 6.07) is 9.98. The first-order valence-corrected chi connectivity index (χ1v) is 9.54. The van der Waals surface area contributed by atoms with Crippen molar-refractivity contribution >= 4 is 28.1 Å². The van der Waals surface area contributed by atoms with E-state index in [1.165, 1.54) is 6.20 Å². The molecular formula is C21H21F3N4O. The molecule has 0 spiro atoms. The molecule has 0 saturated heterocycles. The Kier molecular flexibility index (Phi) is 5.17. The van der Waals surface area contributed by atoms with E-state index in [4.69, 9.17) is 0 Å². The van der Waals surface area contributed by atoms with Gasteiger partial charge in [-0.25, -0.2) is 0 Å². The fourth-order valence-corrected chi connectivity index (χ4v) is 3.71. The van der Waals surface area contributed by atoms with Crippen LogP contribution in [0.15, 0.2) is 42.6 Å². The number of rotatable bonds is 5. The highest BCUT2D eigenvalue weighted by Crippen LogP contribution is 2.35. The zero-order valence-electron chi connectivity index (χ0n) is 15.6. The van der Waals surface area contributed by atoms with Gasteiger partial charge in [0.05, 0.1) is 17.3 Å². The number of carbonyl (C=O) groups excluding carboxylic acids is 1. The third kappa shape index (κ3) is 4.52. The standard InChI is InChI=1S/C21H21F3N4O/c22-21(23,24)14-8-19(18-12-26-28-20(18)9-14)25-11-13-3-1-4-15(7-13)27-16-5-2-6-17(29)10-16/h1,3-4,7-9,12,16,25,27H,2,5-6,10-11H2,(H,26,28). The molecule has 0 bridgehead atoms. The van der Waals surface area contributed by atoms with Gasteiger partial charge in [0.15, 0.2) is 0 Å². The Morgan fingerprint density at radius 3 is 2.86 bits per heavy atom. The van der Waals surface area contributed by atoms with Crippen molar-refractivity contribution in [3.05, 3.63) is 53.7 Å². The molecule has 1 aromatic heterocycles. The van der Waals surface area contributed by atoms with E-state index >= 15 is 0 Å². The molecule has 8 heteroatoms. The van der Waals surface area contributed by atoms with Gasteiger partial charge in [0, 0.05) is 42.2 Å². The Balaban J connectivity index is 1.49. The molecule has 29 heavy (non-hydrogen) atoms. The summed E-state index contributed by atoms with van der Waals surface area (Å²) < 4.78 is 39.5. The van der Waals surface area contributed by atoms with Gasteiger partial charge < -0.3 is 10.6 Å². The van der Waals surface area contributed by atoms with E-state index in [0.717, 1.165) is 36.2 Å². The number of nitrogens with zero attached hydrogens (tertiary/aromatic N) is 1. The number of aromatic nitrogens is 2. The maximum absolute atomic E-state index is 13.2. The summed E-state index contributed by atoms with van der Waals surface area (Å²) in [5, 5.41) is 13.6. The van der Waals surface area contributed by atoms with Gasteiger partial charge in [-0.3, -0.25) is 9.89 Å². The summed E-state index contributed by atoms with van der Waals surface area (Å²) >= 11 is 0. The number of halogens is 3. The van der Waals surface area contributed by atoms with Crippen LogP contribution in [0.2, 0.25) is 0 Å². The van der Waals surface area contributed by atoms with Gasteiger partial charge in [-0.15, -0.1) is 0 Å². The molecule has 0 amide bonds. The fraction of sp³-hybridized carbons (Fsp3) is 0.333. The number of alkyl halides is 3. The van der Waals surface area contributed by atoms with Crippen LogP contribution in [0.4, 0.5) is 24.5 Å². The minimum absolute atomic E-state index is 0.133. The van der Waals surface area contributed by atoms with Crippen molar-refractivity contribution in [1.82, 2.24) is 10.2 Å². The predicted molar refractivity (Wildman–Crippen MR) is 106 cm³/mol. The van der Waals surface area contributed by atoms with Crippen LogP contribution in [0.3, 0.4) is 0 Å². The number of hydrogen-bond acceptors (Lipinski definition) is 4. The van der Waals surface area contributed by atoms with Gasteiger partial charge in [-0.2, -0.15) is 18.3 Å². The van der Waals surface area contributed by atoms with Crippen molar-refractivity contribution in [2.75, 3.05) is 10.6 Å². The molecule has 3 aromatic rings. The largest absolute Gasteiger partial charge is 0.416 e. The average molecular weight is 402 g/mol. The zero-order chi connectivity index (χ0) is 20.4. The SMILES string of the molecule is O=C1CCCC(Nc2cccc(CNc3cc(C(F)(F)F)cc4[nH]ncc34)c2)C1. The molecule has 1 atom stereocenters. The van der Waals surface area contributed by atoms with E-state index in [9.17, 15) is 18.0 Å².